The van der Waals surface area contributed by atoms with Gasteiger partial charge in [-0.25, -0.2) is 8.78 Å². The fraction of sp³-hybridized carbons (Fsp3) is 0.133. The maximum Gasteiger partial charge on any atom is 0.131 e. The van der Waals surface area contributed by atoms with E-state index in [-0.39, 0.29) is 0 Å². The van der Waals surface area contributed by atoms with Crippen molar-refractivity contribution in [1.29, 1.82) is 0 Å². The first-order valence-electron chi connectivity index (χ1n) is 6.02. The molecule has 0 aliphatic carbocycles. The van der Waals surface area contributed by atoms with Crippen LogP contribution in [0.5, 0.6) is 0 Å². The predicted molar refractivity (Wildman–Crippen MR) is 80.8 cm³/mol. The van der Waals surface area contributed by atoms with Crippen LogP contribution in [0.25, 0.3) is 0 Å². The van der Waals surface area contributed by atoms with E-state index < -0.39 is 11.6 Å². The minimum absolute atomic E-state index is 0.313. The quantitative estimate of drug-likeness (QED) is 0.877. The summed E-state index contributed by atoms with van der Waals surface area (Å²) in [6, 6.07) is 10.9. The fourth-order valence-electron chi connectivity index (χ4n) is 1.89. The van der Waals surface area contributed by atoms with Crippen LogP contribution in [0.3, 0.4) is 0 Å². The molecule has 20 heavy (non-hydrogen) atoms. The number of hydrogen-bond donors (Lipinski definition) is 1. The fourth-order valence-corrected chi connectivity index (χ4v) is 2.02. The Kier molecular flexibility index (Phi) is 4.29. The minimum atomic E-state index is -0.579. The highest BCUT2D eigenvalue weighted by molar-refractivity contribution is 7.80. The standard InChI is InChI=1S/C15H14F2N2S/c1-19(9-11-5-6-12(16)8-14(11)17)13-4-2-3-10(7-13)15(18)20/h2-8H,9H2,1H3,(H2,18,20). The summed E-state index contributed by atoms with van der Waals surface area (Å²) in [5, 5.41) is 0. The molecule has 2 aromatic carbocycles. The smallest absolute Gasteiger partial charge is 0.131 e. The molecule has 0 radical (unpaired) electrons. The molecular formula is C15H14F2N2S. The summed E-state index contributed by atoms with van der Waals surface area (Å²) in [6.45, 7) is 0.326. The van der Waals surface area contributed by atoms with Gasteiger partial charge in [0.1, 0.15) is 16.6 Å². The Bertz CT molecular complexity index is 644. The molecule has 0 spiro atoms. The normalized spacial score (nSPS) is 10.3. The van der Waals surface area contributed by atoms with Gasteiger partial charge >= 0.3 is 0 Å². The topological polar surface area (TPSA) is 29.3 Å². The lowest BCUT2D eigenvalue weighted by atomic mass is 10.1. The van der Waals surface area contributed by atoms with E-state index in [1.807, 2.05) is 36.2 Å². The number of nitrogens with zero attached hydrogens (tertiary/aromatic N) is 1. The number of rotatable bonds is 4. The van der Waals surface area contributed by atoms with Crippen molar-refractivity contribution in [3.63, 3.8) is 0 Å². The number of benzene rings is 2. The van der Waals surface area contributed by atoms with Crippen molar-refractivity contribution in [2.24, 2.45) is 5.73 Å². The molecule has 2 rings (SSSR count). The second-order valence-corrected chi connectivity index (χ2v) is 4.95. The molecule has 104 valence electrons. The van der Waals surface area contributed by atoms with Gasteiger partial charge in [0.25, 0.3) is 0 Å². The zero-order valence-electron chi connectivity index (χ0n) is 10.9. The molecule has 0 aliphatic rings. The van der Waals surface area contributed by atoms with Gasteiger partial charge in [-0.3, -0.25) is 0 Å². The van der Waals surface area contributed by atoms with Crippen molar-refractivity contribution in [1.82, 2.24) is 0 Å². The Balaban J connectivity index is 2.21. The molecule has 2 nitrogen and oxygen atoms in total. The molecule has 0 saturated carbocycles. The summed E-state index contributed by atoms with van der Waals surface area (Å²) in [5.74, 6) is -1.13. The van der Waals surface area contributed by atoms with Crippen molar-refractivity contribution in [2.45, 2.75) is 6.54 Å². The van der Waals surface area contributed by atoms with Gasteiger partial charge in [-0.1, -0.05) is 30.4 Å². The van der Waals surface area contributed by atoms with Crippen LogP contribution >= 0.6 is 12.2 Å². The van der Waals surface area contributed by atoms with Gasteiger partial charge in [0.2, 0.25) is 0 Å². The van der Waals surface area contributed by atoms with Crippen LogP contribution in [-0.2, 0) is 6.54 Å². The number of halogens is 2. The average molecular weight is 292 g/mol. The molecule has 0 aromatic heterocycles. The molecule has 0 unspecified atom stereocenters. The van der Waals surface area contributed by atoms with Crippen LogP contribution < -0.4 is 10.6 Å². The highest BCUT2D eigenvalue weighted by Crippen LogP contribution is 2.19. The lowest BCUT2D eigenvalue weighted by Crippen LogP contribution is -2.18. The van der Waals surface area contributed by atoms with Gasteiger partial charge in [-0.2, -0.15) is 0 Å². The van der Waals surface area contributed by atoms with Crippen LogP contribution in [0, 0.1) is 11.6 Å². The predicted octanol–water partition coefficient (Wildman–Crippen LogP) is 3.24. The number of anilines is 1. The summed E-state index contributed by atoms with van der Waals surface area (Å²) >= 11 is 4.93. The number of nitrogens with two attached hydrogens (primary N) is 1. The van der Waals surface area contributed by atoms with Crippen LogP contribution in [0.2, 0.25) is 0 Å². The van der Waals surface area contributed by atoms with Crippen molar-refractivity contribution >= 4 is 22.9 Å². The lowest BCUT2D eigenvalue weighted by molar-refractivity contribution is 0.571. The van der Waals surface area contributed by atoms with Gasteiger partial charge in [-0.15, -0.1) is 0 Å². The summed E-state index contributed by atoms with van der Waals surface area (Å²) in [6.07, 6.45) is 0. The minimum Gasteiger partial charge on any atom is -0.389 e. The maximum atomic E-state index is 13.6. The van der Waals surface area contributed by atoms with E-state index in [0.717, 1.165) is 17.3 Å². The van der Waals surface area contributed by atoms with Crippen molar-refractivity contribution in [2.75, 3.05) is 11.9 Å². The highest BCUT2D eigenvalue weighted by atomic mass is 32.1. The second kappa shape index (κ2) is 5.96. The summed E-state index contributed by atoms with van der Waals surface area (Å²) in [4.78, 5) is 2.16. The summed E-state index contributed by atoms with van der Waals surface area (Å²) in [5.41, 5.74) is 7.63. The molecule has 0 amide bonds. The van der Waals surface area contributed by atoms with Crippen molar-refractivity contribution < 1.29 is 8.78 Å². The van der Waals surface area contributed by atoms with Gasteiger partial charge in [0.05, 0.1) is 0 Å². The van der Waals surface area contributed by atoms with Gasteiger partial charge < -0.3 is 10.6 Å². The van der Waals surface area contributed by atoms with E-state index in [4.69, 9.17) is 18.0 Å². The van der Waals surface area contributed by atoms with Gasteiger partial charge in [0, 0.05) is 36.5 Å². The maximum absolute atomic E-state index is 13.6. The van der Waals surface area contributed by atoms with Gasteiger partial charge in [0.15, 0.2) is 0 Å². The zero-order chi connectivity index (χ0) is 14.7. The second-order valence-electron chi connectivity index (χ2n) is 4.51. The van der Waals surface area contributed by atoms with E-state index in [2.05, 4.69) is 0 Å². The van der Waals surface area contributed by atoms with Gasteiger partial charge in [-0.05, 0) is 18.2 Å². The van der Waals surface area contributed by atoms with E-state index >= 15 is 0 Å². The molecule has 5 heteroatoms. The van der Waals surface area contributed by atoms with Crippen LogP contribution in [0.1, 0.15) is 11.1 Å². The molecule has 2 N–H and O–H groups in total. The highest BCUT2D eigenvalue weighted by Gasteiger charge is 2.08. The van der Waals surface area contributed by atoms with Crippen LogP contribution in [-0.4, -0.2) is 12.0 Å². The lowest BCUT2D eigenvalue weighted by Gasteiger charge is -2.20. The molecule has 0 bridgehead atoms. The Hall–Kier alpha value is -2.01. The Morgan fingerprint density at radius 1 is 1.20 bits per heavy atom. The summed E-state index contributed by atoms with van der Waals surface area (Å²) in [7, 11) is 1.82. The molecule has 0 saturated heterocycles. The molecule has 2 aromatic rings. The molecular weight excluding hydrogens is 278 g/mol. The number of thiocarbonyl (C=S) groups is 1. The molecule has 0 fully saturated rings. The Morgan fingerprint density at radius 3 is 2.60 bits per heavy atom. The summed E-state index contributed by atoms with van der Waals surface area (Å²) < 4.78 is 26.5. The first kappa shape index (κ1) is 14.4. The monoisotopic (exact) mass is 292 g/mol. The third kappa shape index (κ3) is 3.30. The Labute approximate surface area is 121 Å². The largest absolute Gasteiger partial charge is 0.389 e. The van der Waals surface area contributed by atoms with E-state index in [9.17, 15) is 8.78 Å². The zero-order valence-corrected chi connectivity index (χ0v) is 11.8. The van der Waals surface area contributed by atoms with E-state index in [0.29, 0.717) is 17.1 Å². The van der Waals surface area contributed by atoms with E-state index in [1.54, 1.807) is 0 Å². The molecule has 0 atom stereocenters. The SMILES string of the molecule is CN(Cc1ccc(F)cc1F)c1cccc(C(N)=S)c1. The molecule has 0 aliphatic heterocycles. The third-order valence-electron chi connectivity index (χ3n) is 2.99. The number of hydrogen-bond acceptors (Lipinski definition) is 2. The van der Waals surface area contributed by atoms with Crippen molar-refractivity contribution in [3.05, 3.63) is 65.2 Å². The van der Waals surface area contributed by atoms with Crippen LogP contribution in [0.15, 0.2) is 42.5 Å². The first-order chi connectivity index (χ1) is 9.47. The van der Waals surface area contributed by atoms with Crippen molar-refractivity contribution in [3.8, 4) is 0 Å². The third-order valence-corrected chi connectivity index (χ3v) is 3.23. The first-order valence-corrected chi connectivity index (χ1v) is 6.43. The average Bonchev–Trinajstić information content (AvgIpc) is 2.42. The van der Waals surface area contributed by atoms with E-state index in [1.165, 1.54) is 12.1 Å². The Morgan fingerprint density at radius 2 is 1.95 bits per heavy atom. The molecule has 0 heterocycles. The van der Waals surface area contributed by atoms with Crippen LogP contribution in [0.4, 0.5) is 14.5 Å².